The number of nitrogens with zero attached hydrogens (tertiary/aromatic N) is 4. The van der Waals surface area contributed by atoms with Gasteiger partial charge in [-0.2, -0.15) is 0 Å². The molecule has 2 atom stereocenters. The molecule has 2 saturated heterocycles. The van der Waals surface area contributed by atoms with Crippen LogP contribution >= 0.6 is 0 Å². The van der Waals surface area contributed by atoms with Gasteiger partial charge in [0.05, 0.1) is 42.6 Å². The first kappa shape index (κ1) is 21.0. The van der Waals surface area contributed by atoms with Crippen molar-refractivity contribution in [3.05, 3.63) is 59.3 Å². The normalized spacial score (nSPS) is 20.2. The monoisotopic (exact) mass is 440 g/mol. The molecule has 1 aromatic heterocycles. The quantitative estimate of drug-likeness (QED) is 0.658. The molecular weight excluding hydrogens is 414 g/mol. The van der Waals surface area contributed by atoms with E-state index in [0.29, 0.717) is 31.0 Å². The Labute approximate surface area is 185 Å². The Hall–Kier alpha value is -2.84. The van der Waals surface area contributed by atoms with Gasteiger partial charge in [0.15, 0.2) is 0 Å². The zero-order valence-corrected chi connectivity index (χ0v) is 18.0. The van der Waals surface area contributed by atoms with Crippen LogP contribution in [0.4, 0.5) is 20.3 Å². The lowest BCUT2D eigenvalue weighted by atomic mass is 9.97. The minimum absolute atomic E-state index is 0.119. The fourth-order valence-corrected chi connectivity index (χ4v) is 4.70. The Morgan fingerprint density at radius 3 is 2.53 bits per heavy atom. The molecule has 1 N–H and O–H groups in total. The molecule has 3 aromatic rings. The van der Waals surface area contributed by atoms with E-state index in [4.69, 9.17) is 9.72 Å². The van der Waals surface area contributed by atoms with Crippen LogP contribution in [0.3, 0.4) is 0 Å². The van der Waals surface area contributed by atoms with E-state index in [9.17, 15) is 13.9 Å². The maximum atomic E-state index is 14.0. The van der Waals surface area contributed by atoms with Gasteiger partial charge in [-0.3, -0.25) is 4.98 Å². The molecule has 8 heteroatoms. The van der Waals surface area contributed by atoms with Crippen LogP contribution in [0, 0.1) is 11.6 Å². The van der Waals surface area contributed by atoms with Crippen molar-refractivity contribution in [2.45, 2.75) is 31.9 Å². The second-order valence-electron chi connectivity index (χ2n) is 8.46. The first-order valence-electron chi connectivity index (χ1n) is 11.0. The van der Waals surface area contributed by atoms with Gasteiger partial charge in [-0.05, 0) is 49.6 Å². The summed E-state index contributed by atoms with van der Waals surface area (Å²) in [6.07, 6.45) is 2.80. The summed E-state index contributed by atoms with van der Waals surface area (Å²) in [6.45, 7) is 5.20. The molecule has 0 amide bonds. The van der Waals surface area contributed by atoms with Crippen LogP contribution in [0.25, 0.3) is 11.0 Å². The second-order valence-corrected chi connectivity index (χ2v) is 8.46. The molecule has 0 aliphatic carbocycles. The summed E-state index contributed by atoms with van der Waals surface area (Å²) in [5, 5.41) is 10.3. The highest BCUT2D eigenvalue weighted by atomic mass is 19.1. The number of ether oxygens (including phenoxy) is 1. The lowest BCUT2D eigenvalue weighted by Gasteiger charge is -2.30. The van der Waals surface area contributed by atoms with E-state index in [1.807, 2.05) is 17.0 Å². The summed E-state index contributed by atoms with van der Waals surface area (Å²) in [6, 6.07) is 7.33. The summed E-state index contributed by atoms with van der Waals surface area (Å²) in [4.78, 5) is 13.8. The molecule has 3 heterocycles. The smallest absolute Gasteiger partial charge is 0.148 e. The number of hydrogen-bond donors (Lipinski definition) is 1. The van der Waals surface area contributed by atoms with Crippen molar-refractivity contribution < 1.29 is 18.6 Å². The zero-order chi connectivity index (χ0) is 22.2. The molecule has 0 radical (unpaired) electrons. The van der Waals surface area contributed by atoms with Gasteiger partial charge in [0.2, 0.25) is 0 Å². The number of morpholine rings is 1. The number of aliphatic hydroxyl groups excluding tert-OH is 1. The Balaban J connectivity index is 1.62. The van der Waals surface area contributed by atoms with Crippen LogP contribution in [0.1, 0.15) is 43.0 Å². The molecule has 0 spiro atoms. The number of benzene rings is 2. The molecule has 2 aromatic carbocycles. The lowest BCUT2D eigenvalue weighted by molar-refractivity contribution is 0.122. The highest BCUT2D eigenvalue weighted by Crippen LogP contribution is 2.40. The van der Waals surface area contributed by atoms with Crippen LogP contribution in [-0.4, -0.2) is 47.9 Å². The van der Waals surface area contributed by atoms with Gasteiger partial charge in [-0.1, -0.05) is 0 Å². The number of hydrogen-bond acceptors (Lipinski definition) is 6. The van der Waals surface area contributed by atoms with E-state index in [0.717, 1.165) is 54.5 Å². The maximum absolute atomic E-state index is 14.0. The van der Waals surface area contributed by atoms with E-state index in [1.165, 1.54) is 12.1 Å². The molecule has 2 aliphatic heterocycles. The van der Waals surface area contributed by atoms with Crippen LogP contribution in [0.5, 0.6) is 0 Å². The number of rotatable bonds is 4. The maximum Gasteiger partial charge on any atom is 0.148 e. The largest absolute Gasteiger partial charge is 0.389 e. The topological polar surface area (TPSA) is 61.7 Å². The van der Waals surface area contributed by atoms with Crippen LogP contribution < -0.4 is 9.80 Å². The van der Waals surface area contributed by atoms with Crippen LogP contribution in [0.2, 0.25) is 0 Å². The minimum atomic E-state index is -0.666. The second kappa shape index (κ2) is 8.60. The Kier molecular flexibility index (Phi) is 5.65. The molecule has 5 rings (SSSR count). The molecule has 2 unspecified atom stereocenters. The van der Waals surface area contributed by atoms with Crippen molar-refractivity contribution in [1.29, 1.82) is 0 Å². The van der Waals surface area contributed by atoms with Crippen molar-refractivity contribution in [3.8, 4) is 0 Å². The number of aromatic nitrogens is 2. The predicted octanol–water partition coefficient (Wildman–Crippen LogP) is 4.14. The van der Waals surface area contributed by atoms with Gasteiger partial charge in [0.25, 0.3) is 0 Å². The van der Waals surface area contributed by atoms with E-state index >= 15 is 0 Å². The number of fused-ring (bicyclic) bond motifs is 1. The van der Waals surface area contributed by atoms with Gasteiger partial charge in [-0.15, -0.1) is 0 Å². The number of aliphatic hydroxyl groups is 1. The highest BCUT2D eigenvalue weighted by molar-refractivity contribution is 5.81. The summed E-state index contributed by atoms with van der Waals surface area (Å²) in [5.74, 6) is -0.404. The standard InChI is InChI=1S/C24H26F2N4O2/c1-15(31)16-9-20(22-3-2-4-30(22)19-12-17(25)11-18(26)13-19)24-21(10-16)27-14-23(28-24)29-5-7-32-8-6-29/h9-15,22,31H,2-8H2,1H3. The molecule has 6 nitrogen and oxygen atoms in total. The van der Waals surface area contributed by atoms with E-state index in [1.54, 1.807) is 13.1 Å². The third-order valence-electron chi connectivity index (χ3n) is 6.30. The predicted molar refractivity (Wildman–Crippen MR) is 119 cm³/mol. The van der Waals surface area contributed by atoms with Gasteiger partial charge in [0, 0.05) is 37.0 Å². The third-order valence-corrected chi connectivity index (χ3v) is 6.30. The van der Waals surface area contributed by atoms with Gasteiger partial charge in [0.1, 0.15) is 17.5 Å². The summed E-state index contributed by atoms with van der Waals surface area (Å²) < 4.78 is 33.4. The fourth-order valence-electron chi connectivity index (χ4n) is 4.70. The molecular formula is C24H26F2N4O2. The zero-order valence-electron chi connectivity index (χ0n) is 18.0. The van der Waals surface area contributed by atoms with Crippen molar-refractivity contribution in [3.63, 3.8) is 0 Å². The molecule has 32 heavy (non-hydrogen) atoms. The lowest BCUT2D eigenvalue weighted by Crippen LogP contribution is -2.36. The summed E-state index contributed by atoms with van der Waals surface area (Å²) >= 11 is 0. The summed E-state index contributed by atoms with van der Waals surface area (Å²) in [5.41, 5.74) is 3.64. The molecule has 2 aliphatic rings. The fraction of sp³-hybridized carbons (Fsp3) is 0.417. The van der Waals surface area contributed by atoms with Gasteiger partial charge in [-0.25, -0.2) is 13.8 Å². The third kappa shape index (κ3) is 4.00. The van der Waals surface area contributed by atoms with E-state index in [2.05, 4.69) is 9.88 Å². The highest BCUT2D eigenvalue weighted by Gasteiger charge is 2.30. The van der Waals surface area contributed by atoms with Crippen LogP contribution in [-0.2, 0) is 4.74 Å². The average molecular weight is 440 g/mol. The van der Waals surface area contributed by atoms with E-state index in [-0.39, 0.29) is 6.04 Å². The summed E-state index contributed by atoms with van der Waals surface area (Å²) in [7, 11) is 0. The first-order valence-corrected chi connectivity index (χ1v) is 11.0. The molecule has 2 fully saturated rings. The minimum Gasteiger partial charge on any atom is -0.389 e. The molecule has 168 valence electrons. The number of anilines is 2. The van der Waals surface area contributed by atoms with Crippen molar-refractivity contribution >= 4 is 22.5 Å². The van der Waals surface area contributed by atoms with Gasteiger partial charge >= 0.3 is 0 Å². The van der Waals surface area contributed by atoms with Crippen molar-refractivity contribution in [1.82, 2.24) is 9.97 Å². The Morgan fingerprint density at radius 1 is 1.06 bits per heavy atom. The van der Waals surface area contributed by atoms with Gasteiger partial charge < -0.3 is 19.6 Å². The Morgan fingerprint density at radius 2 is 1.81 bits per heavy atom. The van der Waals surface area contributed by atoms with Crippen molar-refractivity contribution in [2.75, 3.05) is 42.6 Å². The number of halogens is 2. The first-order chi connectivity index (χ1) is 15.5. The van der Waals surface area contributed by atoms with E-state index < -0.39 is 17.7 Å². The average Bonchev–Trinajstić information content (AvgIpc) is 3.27. The molecule has 0 saturated carbocycles. The Bertz CT molecular complexity index is 1110. The van der Waals surface area contributed by atoms with Crippen molar-refractivity contribution in [2.24, 2.45) is 0 Å². The molecule has 0 bridgehead atoms. The SMILES string of the molecule is CC(O)c1cc(C2CCCN2c2cc(F)cc(F)c2)c2nc(N3CCOCC3)cnc2c1. The van der Waals surface area contributed by atoms with Crippen LogP contribution in [0.15, 0.2) is 36.5 Å².